The second kappa shape index (κ2) is 7.96. The molecule has 0 bridgehead atoms. The summed E-state index contributed by atoms with van der Waals surface area (Å²) >= 11 is 0. The summed E-state index contributed by atoms with van der Waals surface area (Å²) in [5.41, 5.74) is 2.54. The molecule has 1 aliphatic heterocycles. The second-order valence-electron chi connectivity index (χ2n) is 6.52. The van der Waals surface area contributed by atoms with Gasteiger partial charge in [-0.25, -0.2) is 9.97 Å². The number of piperidine rings is 1. The first-order chi connectivity index (χ1) is 12.1. The van der Waals surface area contributed by atoms with Crippen LogP contribution in [0.15, 0.2) is 36.5 Å². The van der Waals surface area contributed by atoms with Crippen LogP contribution in [0.4, 0.5) is 11.6 Å². The lowest BCUT2D eigenvalue weighted by Crippen LogP contribution is -2.31. The molecule has 1 fully saturated rings. The molecule has 1 saturated heterocycles. The largest absolute Gasteiger partial charge is 0.378 e. The zero-order valence-corrected chi connectivity index (χ0v) is 14.9. The van der Waals surface area contributed by atoms with Crippen molar-refractivity contribution < 1.29 is 4.79 Å². The third-order valence-corrected chi connectivity index (χ3v) is 4.42. The van der Waals surface area contributed by atoms with Gasteiger partial charge in [0.15, 0.2) is 0 Å². The van der Waals surface area contributed by atoms with Crippen molar-refractivity contribution in [3.05, 3.63) is 47.8 Å². The zero-order chi connectivity index (χ0) is 17.6. The minimum atomic E-state index is -0.0940. The molecule has 6 heteroatoms. The van der Waals surface area contributed by atoms with Crippen LogP contribution in [-0.4, -0.2) is 43.1 Å². The van der Waals surface area contributed by atoms with Crippen molar-refractivity contribution in [2.75, 3.05) is 37.0 Å². The summed E-state index contributed by atoms with van der Waals surface area (Å²) in [6.07, 6.45) is 5.42. The smallest absolute Gasteiger partial charge is 0.251 e. The molecule has 1 aromatic carbocycles. The molecular formula is C19H25N5O. The normalized spacial score (nSPS) is 14.2. The van der Waals surface area contributed by atoms with Crippen LogP contribution in [0.3, 0.4) is 0 Å². The third kappa shape index (κ3) is 4.47. The van der Waals surface area contributed by atoms with E-state index >= 15 is 0 Å². The van der Waals surface area contributed by atoms with Gasteiger partial charge in [-0.3, -0.25) is 4.79 Å². The van der Waals surface area contributed by atoms with Crippen molar-refractivity contribution in [2.45, 2.75) is 25.8 Å². The Bertz CT molecular complexity index is 708. The Balaban J connectivity index is 1.60. The molecule has 0 radical (unpaired) electrons. The highest BCUT2D eigenvalue weighted by Gasteiger charge is 2.14. The predicted molar refractivity (Wildman–Crippen MR) is 100 cm³/mol. The fraction of sp³-hybridized carbons (Fsp3) is 0.421. The Morgan fingerprint density at radius 1 is 1.12 bits per heavy atom. The number of nitrogens with zero attached hydrogens (tertiary/aromatic N) is 4. The van der Waals surface area contributed by atoms with Crippen LogP contribution in [0, 0.1) is 0 Å². The molecule has 1 aromatic heterocycles. The van der Waals surface area contributed by atoms with Gasteiger partial charge in [0.05, 0.1) is 12.2 Å². The van der Waals surface area contributed by atoms with Gasteiger partial charge in [-0.15, -0.1) is 0 Å². The average molecular weight is 339 g/mol. The van der Waals surface area contributed by atoms with Crippen molar-refractivity contribution in [3.8, 4) is 0 Å². The van der Waals surface area contributed by atoms with Crippen molar-refractivity contribution in [2.24, 2.45) is 0 Å². The van der Waals surface area contributed by atoms with E-state index in [9.17, 15) is 4.79 Å². The lowest BCUT2D eigenvalue weighted by Gasteiger charge is -2.26. The molecule has 3 rings (SSSR count). The lowest BCUT2D eigenvalue weighted by atomic mass is 10.1. The van der Waals surface area contributed by atoms with Crippen molar-refractivity contribution in [1.82, 2.24) is 15.3 Å². The molecule has 0 spiro atoms. The van der Waals surface area contributed by atoms with Crippen LogP contribution in [-0.2, 0) is 6.54 Å². The maximum Gasteiger partial charge on any atom is 0.251 e. The minimum Gasteiger partial charge on any atom is -0.378 e. The lowest BCUT2D eigenvalue weighted by molar-refractivity contribution is 0.0950. The second-order valence-corrected chi connectivity index (χ2v) is 6.52. The summed E-state index contributed by atoms with van der Waals surface area (Å²) in [6.45, 7) is 2.42. The number of benzene rings is 1. The molecular weight excluding hydrogens is 314 g/mol. The number of carbonyl (C=O) groups excluding carboxylic acids is 1. The highest BCUT2D eigenvalue weighted by Crippen LogP contribution is 2.15. The molecule has 0 unspecified atom stereocenters. The topological polar surface area (TPSA) is 61.4 Å². The molecule has 0 saturated carbocycles. The number of hydrogen-bond donors (Lipinski definition) is 1. The molecule has 1 aliphatic rings. The van der Waals surface area contributed by atoms with Crippen molar-refractivity contribution >= 4 is 17.5 Å². The fourth-order valence-electron chi connectivity index (χ4n) is 2.91. The molecule has 2 aromatic rings. The Morgan fingerprint density at radius 3 is 2.52 bits per heavy atom. The van der Waals surface area contributed by atoms with Crippen LogP contribution in [0.25, 0.3) is 0 Å². The van der Waals surface area contributed by atoms with E-state index < -0.39 is 0 Å². The summed E-state index contributed by atoms with van der Waals surface area (Å²) < 4.78 is 0. The molecule has 6 nitrogen and oxygen atoms in total. The standard InChI is InChI=1S/C19H25N5O/c1-23(2)17-8-6-15(7-9-17)18(25)21-14-16-10-11-20-19(22-16)24-12-4-3-5-13-24/h6-11H,3-5,12-14H2,1-2H3,(H,21,25). The number of hydrogen-bond acceptors (Lipinski definition) is 5. The predicted octanol–water partition coefficient (Wildman–Crippen LogP) is 2.46. The van der Waals surface area contributed by atoms with E-state index in [1.54, 1.807) is 6.20 Å². The van der Waals surface area contributed by atoms with Crippen LogP contribution in [0.2, 0.25) is 0 Å². The Kier molecular flexibility index (Phi) is 5.48. The van der Waals surface area contributed by atoms with Crippen LogP contribution < -0.4 is 15.1 Å². The summed E-state index contributed by atoms with van der Waals surface area (Å²) in [6, 6.07) is 9.40. The van der Waals surface area contributed by atoms with E-state index in [1.807, 2.05) is 49.3 Å². The Hall–Kier alpha value is -2.63. The number of carbonyl (C=O) groups is 1. The first kappa shape index (κ1) is 17.2. The maximum absolute atomic E-state index is 12.3. The van der Waals surface area contributed by atoms with Crippen molar-refractivity contribution in [1.29, 1.82) is 0 Å². The van der Waals surface area contributed by atoms with Gasteiger partial charge in [-0.1, -0.05) is 0 Å². The average Bonchev–Trinajstić information content (AvgIpc) is 2.67. The summed E-state index contributed by atoms with van der Waals surface area (Å²) in [7, 11) is 3.95. The van der Waals surface area contributed by atoms with E-state index in [-0.39, 0.29) is 5.91 Å². The maximum atomic E-state index is 12.3. The van der Waals surface area contributed by atoms with Gasteiger partial charge < -0.3 is 15.1 Å². The monoisotopic (exact) mass is 339 g/mol. The van der Waals surface area contributed by atoms with Gasteiger partial charge in [0.1, 0.15) is 0 Å². The molecule has 1 amide bonds. The molecule has 0 aliphatic carbocycles. The van der Waals surface area contributed by atoms with E-state index in [0.29, 0.717) is 12.1 Å². The Morgan fingerprint density at radius 2 is 1.84 bits per heavy atom. The van der Waals surface area contributed by atoms with Crippen LogP contribution >= 0.6 is 0 Å². The zero-order valence-electron chi connectivity index (χ0n) is 14.9. The van der Waals surface area contributed by atoms with Gasteiger partial charge in [0.2, 0.25) is 5.95 Å². The van der Waals surface area contributed by atoms with Gasteiger partial charge in [-0.05, 0) is 49.6 Å². The fourth-order valence-corrected chi connectivity index (χ4v) is 2.91. The van der Waals surface area contributed by atoms with Crippen LogP contribution in [0.5, 0.6) is 0 Å². The first-order valence-electron chi connectivity index (χ1n) is 8.76. The number of nitrogens with one attached hydrogen (secondary N) is 1. The van der Waals surface area contributed by atoms with Gasteiger partial charge in [0.25, 0.3) is 5.91 Å². The van der Waals surface area contributed by atoms with Crippen molar-refractivity contribution in [3.63, 3.8) is 0 Å². The van der Waals surface area contributed by atoms with Gasteiger partial charge in [0, 0.05) is 44.6 Å². The Labute approximate surface area is 148 Å². The van der Waals surface area contributed by atoms with E-state index in [0.717, 1.165) is 30.4 Å². The van der Waals surface area contributed by atoms with Gasteiger partial charge in [-0.2, -0.15) is 0 Å². The van der Waals surface area contributed by atoms with E-state index in [1.165, 1.54) is 19.3 Å². The van der Waals surface area contributed by atoms with Crippen LogP contribution in [0.1, 0.15) is 35.3 Å². The number of rotatable bonds is 5. The first-order valence-corrected chi connectivity index (χ1v) is 8.76. The number of anilines is 2. The number of aromatic nitrogens is 2. The highest BCUT2D eigenvalue weighted by molar-refractivity contribution is 5.94. The molecule has 132 valence electrons. The minimum absolute atomic E-state index is 0.0940. The summed E-state index contributed by atoms with van der Waals surface area (Å²) in [5, 5.41) is 2.93. The summed E-state index contributed by atoms with van der Waals surface area (Å²) in [5.74, 6) is 0.672. The van der Waals surface area contributed by atoms with E-state index in [2.05, 4.69) is 20.2 Å². The quantitative estimate of drug-likeness (QED) is 0.907. The van der Waals surface area contributed by atoms with E-state index in [4.69, 9.17) is 0 Å². The summed E-state index contributed by atoms with van der Waals surface area (Å²) in [4.78, 5) is 25.5. The molecule has 2 heterocycles. The highest BCUT2D eigenvalue weighted by atomic mass is 16.1. The third-order valence-electron chi connectivity index (χ3n) is 4.42. The molecule has 25 heavy (non-hydrogen) atoms. The molecule has 1 N–H and O–H groups in total. The molecule has 0 atom stereocenters. The number of amides is 1. The SMILES string of the molecule is CN(C)c1ccc(C(=O)NCc2ccnc(N3CCCCC3)n2)cc1. The van der Waals surface area contributed by atoms with Gasteiger partial charge >= 0.3 is 0 Å².